The molecule has 6 heteroatoms. The van der Waals surface area contributed by atoms with E-state index in [1.54, 1.807) is 13.3 Å². The number of pyridine rings is 1. The van der Waals surface area contributed by atoms with Crippen LogP contribution in [0, 0.1) is 6.92 Å². The van der Waals surface area contributed by atoms with Gasteiger partial charge < -0.3 is 9.72 Å². The summed E-state index contributed by atoms with van der Waals surface area (Å²) in [4.78, 5) is 12.4. The minimum atomic E-state index is 0.487. The van der Waals surface area contributed by atoms with E-state index in [2.05, 4.69) is 19.7 Å². The Balaban J connectivity index is 1.77. The molecule has 3 aromatic rings. The van der Waals surface area contributed by atoms with E-state index < -0.39 is 0 Å². The summed E-state index contributed by atoms with van der Waals surface area (Å²) in [5.74, 6) is 1.44. The third-order valence-corrected chi connectivity index (χ3v) is 4.41. The standard InChI is InChI=1S/C16H19N5O/c1-10-14-16(21(20-10)12-5-3-4-6-12)19-15(18-14)11-7-8-13(22-2)17-9-11/h7-9,12H,3-6H2,1-2H3,(H,18,19). The number of aromatic amines is 1. The van der Waals surface area contributed by atoms with Crippen molar-refractivity contribution in [3.8, 4) is 17.3 Å². The fourth-order valence-electron chi connectivity index (χ4n) is 3.22. The summed E-state index contributed by atoms with van der Waals surface area (Å²) in [6.07, 6.45) is 6.74. The molecule has 4 rings (SSSR count). The SMILES string of the molecule is COc1ccc(-c2nc3c([nH]2)c(C)nn3C2CCCC2)cn1. The monoisotopic (exact) mass is 297 g/mol. The van der Waals surface area contributed by atoms with E-state index in [0.29, 0.717) is 11.9 Å². The van der Waals surface area contributed by atoms with Crippen molar-refractivity contribution in [1.29, 1.82) is 0 Å². The van der Waals surface area contributed by atoms with Gasteiger partial charge in [-0.3, -0.25) is 0 Å². The number of rotatable bonds is 3. The zero-order valence-electron chi connectivity index (χ0n) is 12.8. The summed E-state index contributed by atoms with van der Waals surface area (Å²) in [5, 5.41) is 4.68. The lowest BCUT2D eigenvalue weighted by molar-refractivity contribution is 0.398. The van der Waals surface area contributed by atoms with Gasteiger partial charge in [-0.15, -0.1) is 0 Å². The average Bonchev–Trinajstić information content (AvgIpc) is 3.26. The molecule has 0 saturated heterocycles. The van der Waals surface area contributed by atoms with Gasteiger partial charge in [0.2, 0.25) is 5.88 Å². The minimum Gasteiger partial charge on any atom is -0.481 e. The van der Waals surface area contributed by atoms with Gasteiger partial charge >= 0.3 is 0 Å². The van der Waals surface area contributed by atoms with E-state index in [1.807, 2.05) is 19.1 Å². The molecule has 0 amide bonds. The second kappa shape index (κ2) is 5.12. The Labute approximate surface area is 128 Å². The maximum absolute atomic E-state index is 5.10. The van der Waals surface area contributed by atoms with Gasteiger partial charge in [0.1, 0.15) is 11.3 Å². The van der Waals surface area contributed by atoms with Crippen LogP contribution in [0.3, 0.4) is 0 Å². The van der Waals surface area contributed by atoms with Crippen molar-refractivity contribution in [2.75, 3.05) is 7.11 Å². The van der Waals surface area contributed by atoms with Crippen LogP contribution in [-0.2, 0) is 0 Å². The molecule has 1 N–H and O–H groups in total. The molecule has 3 heterocycles. The Hall–Kier alpha value is -2.37. The van der Waals surface area contributed by atoms with Gasteiger partial charge in [-0.1, -0.05) is 12.8 Å². The van der Waals surface area contributed by atoms with E-state index in [9.17, 15) is 0 Å². The van der Waals surface area contributed by atoms with Gasteiger partial charge in [-0.05, 0) is 25.8 Å². The van der Waals surface area contributed by atoms with Gasteiger partial charge in [0, 0.05) is 17.8 Å². The highest BCUT2D eigenvalue weighted by Crippen LogP contribution is 2.33. The quantitative estimate of drug-likeness (QED) is 0.805. The lowest BCUT2D eigenvalue weighted by atomic mass is 10.2. The van der Waals surface area contributed by atoms with Gasteiger partial charge in [-0.2, -0.15) is 5.10 Å². The molecular formula is C16H19N5O. The zero-order valence-corrected chi connectivity index (χ0v) is 12.8. The number of hydrogen-bond acceptors (Lipinski definition) is 4. The number of aromatic nitrogens is 5. The van der Waals surface area contributed by atoms with E-state index in [0.717, 1.165) is 28.2 Å². The number of methoxy groups -OCH3 is 1. The summed E-state index contributed by atoms with van der Waals surface area (Å²) < 4.78 is 7.20. The zero-order chi connectivity index (χ0) is 15.1. The summed E-state index contributed by atoms with van der Waals surface area (Å²) in [6, 6.07) is 4.30. The topological polar surface area (TPSA) is 68.6 Å². The number of fused-ring (bicyclic) bond motifs is 1. The molecule has 22 heavy (non-hydrogen) atoms. The highest BCUT2D eigenvalue weighted by molar-refractivity contribution is 5.78. The molecule has 0 aliphatic heterocycles. The summed E-state index contributed by atoms with van der Waals surface area (Å²) in [6.45, 7) is 2.03. The third-order valence-electron chi connectivity index (χ3n) is 4.41. The molecule has 6 nitrogen and oxygen atoms in total. The molecular weight excluding hydrogens is 278 g/mol. The van der Waals surface area contributed by atoms with E-state index in [4.69, 9.17) is 9.72 Å². The second-order valence-electron chi connectivity index (χ2n) is 5.84. The summed E-state index contributed by atoms with van der Waals surface area (Å²) in [5.41, 5.74) is 3.93. The molecule has 1 aliphatic carbocycles. The van der Waals surface area contributed by atoms with Crippen LogP contribution in [0.15, 0.2) is 18.3 Å². The van der Waals surface area contributed by atoms with Crippen LogP contribution < -0.4 is 4.74 Å². The maximum atomic E-state index is 5.10. The lowest BCUT2D eigenvalue weighted by Gasteiger charge is -2.09. The first-order valence-electron chi connectivity index (χ1n) is 7.71. The normalized spacial score (nSPS) is 15.7. The highest BCUT2D eigenvalue weighted by atomic mass is 16.5. The smallest absolute Gasteiger partial charge is 0.212 e. The van der Waals surface area contributed by atoms with Crippen LogP contribution in [-0.4, -0.2) is 31.8 Å². The Bertz CT molecular complexity index is 796. The number of nitrogens with one attached hydrogen (secondary N) is 1. The number of aryl methyl sites for hydroxylation is 1. The van der Waals surface area contributed by atoms with Crippen LogP contribution in [0.2, 0.25) is 0 Å². The molecule has 1 fully saturated rings. The van der Waals surface area contributed by atoms with Gasteiger partial charge in [0.25, 0.3) is 0 Å². The summed E-state index contributed by atoms with van der Waals surface area (Å²) in [7, 11) is 1.61. The van der Waals surface area contributed by atoms with Crippen molar-refractivity contribution in [2.45, 2.75) is 38.6 Å². The largest absolute Gasteiger partial charge is 0.481 e. The second-order valence-corrected chi connectivity index (χ2v) is 5.84. The molecule has 0 radical (unpaired) electrons. The first-order chi connectivity index (χ1) is 10.8. The average molecular weight is 297 g/mol. The van der Waals surface area contributed by atoms with Gasteiger partial charge in [-0.25, -0.2) is 14.6 Å². The van der Waals surface area contributed by atoms with Crippen molar-refractivity contribution in [2.24, 2.45) is 0 Å². The molecule has 1 saturated carbocycles. The maximum Gasteiger partial charge on any atom is 0.212 e. The van der Waals surface area contributed by atoms with Crippen molar-refractivity contribution in [1.82, 2.24) is 24.7 Å². The van der Waals surface area contributed by atoms with Crippen molar-refractivity contribution >= 4 is 11.2 Å². The van der Waals surface area contributed by atoms with Crippen molar-refractivity contribution in [3.05, 3.63) is 24.0 Å². The Morgan fingerprint density at radius 2 is 2.09 bits per heavy atom. The van der Waals surface area contributed by atoms with Gasteiger partial charge in [0.05, 0.1) is 18.8 Å². The first kappa shape index (κ1) is 13.3. The molecule has 0 atom stereocenters. The summed E-state index contributed by atoms with van der Waals surface area (Å²) >= 11 is 0. The molecule has 0 bridgehead atoms. The molecule has 1 aliphatic rings. The number of ether oxygens (including phenoxy) is 1. The first-order valence-corrected chi connectivity index (χ1v) is 7.71. The molecule has 0 aromatic carbocycles. The van der Waals surface area contributed by atoms with Crippen LogP contribution in [0.1, 0.15) is 37.4 Å². The molecule has 0 unspecified atom stereocenters. The lowest BCUT2D eigenvalue weighted by Crippen LogP contribution is -2.07. The molecule has 114 valence electrons. The number of imidazole rings is 1. The van der Waals surface area contributed by atoms with Crippen LogP contribution >= 0.6 is 0 Å². The van der Waals surface area contributed by atoms with Crippen LogP contribution in [0.4, 0.5) is 0 Å². The molecule has 3 aromatic heterocycles. The highest BCUT2D eigenvalue weighted by Gasteiger charge is 2.23. The van der Waals surface area contributed by atoms with Crippen molar-refractivity contribution < 1.29 is 4.74 Å². The van der Waals surface area contributed by atoms with E-state index >= 15 is 0 Å². The number of nitrogens with zero attached hydrogens (tertiary/aromatic N) is 4. The van der Waals surface area contributed by atoms with E-state index in [-0.39, 0.29) is 0 Å². The van der Waals surface area contributed by atoms with Crippen LogP contribution in [0.25, 0.3) is 22.6 Å². The predicted molar refractivity (Wildman–Crippen MR) is 83.9 cm³/mol. The number of H-pyrrole nitrogens is 1. The number of hydrogen-bond donors (Lipinski definition) is 1. The fraction of sp³-hybridized carbons (Fsp3) is 0.438. The van der Waals surface area contributed by atoms with Gasteiger partial charge in [0.15, 0.2) is 5.65 Å². The Kier molecular flexibility index (Phi) is 3.10. The minimum absolute atomic E-state index is 0.487. The Morgan fingerprint density at radius 1 is 1.27 bits per heavy atom. The third kappa shape index (κ3) is 2.06. The predicted octanol–water partition coefficient (Wildman–Crippen LogP) is 3.25. The van der Waals surface area contributed by atoms with Crippen LogP contribution in [0.5, 0.6) is 5.88 Å². The van der Waals surface area contributed by atoms with E-state index in [1.165, 1.54) is 25.7 Å². The fourth-order valence-corrected chi connectivity index (χ4v) is 3.22. The Morgan fingerprint density at radius 3 is 2.77 bits per heavy atom. The van der Waals surface area contributed by atoms with Crippen molar-refractivity contribution in [3.63, 3.8) is 0 Å². The molecule has 0 spiro atoms.